The number of guanidine groups is 1. The van der Waals surface area contributed by atoms with E-state index in [2.05, 4.69) is 15.6 Å². The zero-order valence-corrected chi connectivity index (χ0v) is 18.7. The van der Waals surface area contributed by atoms with Crippen LogP contribution in [0.4, 0.5) is 0 Å². The van der Waals surface area contributed by atoms with E-state index in [0.29, 0.717) is 30.3 Å². The Kier molecular flexibility index (Phi) is 9.12. The number of nitrogens with one attached hydrogen (secondary N) is 2. The quantitative estimate of drug-likeness (QED) is 0.459. The summed E-state index contributed by atoms with van der Waals surface area (Å²) in [5.41, 5.74) is 2.14. The molecular weight excluding hydrogens is 382 g/mol. The van der Waals surface area contributed by atoms with Crippen molar-refractivity contribution >= 4 is 5.96 Å². The fourth-order valence-corrected chi connectivity index (χ4v) is 3.08. The predicted molar refractivity (Wildman–Crippen MR) is 120 cm³/mol. The van der Waals surface area contributed by atoms with Crippen molar-refractivity contribution in [2.45, 2.75) is 26.4 Å². The molecule has 0 spiro atoms. The third-order valence-corrected chi connectivity index (χ3v) is 4.67. The van der Waals surface area contributed by atoms with Crippen LogP contribution in [0, 0.1) is 6.92 Å². The van der Waals surface area contributed by atoms with Crippen molar-refractivity contribution in [3.05, 3.63) is 47.5 Å². The molecule has 2 rings (SSSR count). The van der Waals surface area contributed by atoms with Gasteiger partial charge in [-0.2, -0.15) is 0 Å². The maximum Gasteiger partial charge on any atom is 0.203 e. The molecule has 164 valence electrons. The Morgan fingerprint density at radius 1 is 0.933 bits per heavy atom. The summed E-state index contributed by atoms with van der Waals surface area (Å²) in [7, 11) is 6.59. The number of hydrogen-bond donors (Lipinski definition) is 2. The largest absolute Gasteiger partial charge is 0.493 e. The fraction of sp³-hybridized carbons (Fsp3) is 0.435. The fourth-order valence-electron chi connectivity index (χ4n) is 3.08. The van der Waals surface area contributed by atoms with Gasteiger partial charge in [0.1, 0.15) is 11.9 Å². The van der Waals surface area contributed by atoms with E-state index in [-0.39, 0.29) is 6.10 Å². The normalized spacial score (nSPS) is 12.1. The second-order valence-electron chi connectivity index (χ2n) is 6.82. The molecule has 2 aromatic carbocycles. The highest BCUT2D eigenvalue weighted by Gasteiger charge is 2.15. The van der Waals surface area contributed by atoms with Crippen molar-refractivity contribution in [3.63, 3.8) is 0 Å². The van der Waals surface area contributed by atoms with Gasteiger partial charge in [-0.05, 0) is 38.0 Å². The Labute approximate surface area is 179 Å². The molecule has 0 aliphatic rings. The molecule has 0 amide bonds. The molecule has 0 radical (unpaired) electrons. The third kappa shape index (κ3) is 6.20. The number of nitrogens with zero attached hydrogens (tertiary/aromatic N) is 1. The second kappa shape index (κ2) is 11.8. The van der Waals surface area contributed by atoms with Crippen molar-refractivity contribution in [3.8, 4) is 23.0 Å². The van der Waals surface area contributed by atoms with Crippen LogP contribution in [0.1, 0.15) is 18.1 Å². The maximum atomic E-state index is 6.00. The van der Waals surface area contributed by atoms with E-state index in [4.69, 9.17) is 18.9 Å². The monoisotopic (exact) mass is 415 g/mol. The number of ether oxygens (including phenoxy) is 4. The lowest BCUT2D eigenvalue weighted by atomic mass is 10.1. The van der Waals surface area contributed by atoms with E-state index in [9.17, 15) is 0 Å². The van der Waals surface area contributed by atoms with E-state index in [1.165, 1.54) is 0 Å². The summed E-state index contributed by atoms with van der Waals surface area (Å²) in [5.74, 6) is 3.54. The average Bonchev–Trinajstić information content (AvgIpc) is 2.76. The number of rotatable bonds is 10. The highest BCUT2D eigenvalue weighted by molar-refractivity contribution is 5.79. The summed E-state index contributed by atoms with van der Waals surface area (Å²) >= 11 is 0. The number of benzene rings is 2. The minimum atomic E-state index is -0.00408. The van der Waals surface area contributed by atoms with Crippen LogP contribution in [0.25, 0.3) is 0 Å². The van der Waals surface area contributed by atoms with Crippen LogP contribution in [0.3, 0.4) is 0 Å². The Bertz CT molecular complexity index is 839. The van der Waals surface area contributed by atoms with Crippen molar-refractivity contribution in [1.29, 1.82) is 0 Å². The molecule has 1 atom stereocenters. The van der Waals surface area contributed by atoms with Gasteiger partial charge >= 0.3 is 0 Å². The van der Waals surface area contributed by atoms with Crippen LogP contribution in [-0.2, 0) is 6.42 Å². The van der Waals surface area contributed by atoms with Gasteiger partial charge in [0.25, 0.3) is 0 Å². The topological polar surface area (TPSA) is 73.3 Å². The molecule has 1 unspecified atom stereocenters. The molecule has 0 heterocycles. The van der Waals surface area contributed by atoms with Crippen molar-refractivity contribution in [2.24, 2.45) is 4.99 Å². The van der Waals surface area contributed by atoms with E-state index in [1.54, 1.807) is 28.4 Å². The van der Waals surface area contributed by atoms with Gasteiger partial charge in [0.2, 0.25) is 5.75 Å². The van der Waals surface area contributed by atoms with Gasteiger partial charge in [0.05, 0.1) is 27.9 Å². The highest BCUT2D eigenvalue weighted by Crippen LogP contribution is 2.39. The van der Waals surface area contributed by atoms with Gasteiger partial charge in [-0.25, -0.2) is 0 Å². The first-order valence-corrected chi connectivity index (χ1v) is 9.98. The van der Waals surface area contributed by atoms with E-state index >= 15 is 0 Å². The summed E-state index contributed by atoms with van der Waals surface area (Å²) in [6, 6.07) is 11.9. The summed E-state index contributed by atoms with van der Waals surface area (Å²) in [6.45, 7) is 5.38. The first-order chi connectivity index (χ1) is 14.5. The first kappa shape index (κ1) is 23.2. The molecule has 0 aromatic heterocycles. The molecule has 7 nitrogen and oxygen atoms in total. The Balaban J connectivity index is 1.87. The highest BCUT2D eigenvalue weighted by atomic mass is 16.5. The predicted octanol–water partition coefficient (Wildman–Crippen LogP) is 3.20. The van der Waals surface area contributed by atoms with Gasteiger partial charge in [0.15, 0.2) is 17.5 Å². The number of methoxy groups -OCH3 is 3. The number of para-hydroxylation sites is 1. The van der Waals surface area contributed by atoms with Crippen LogP contribution in [0.15, 0.2) is 41.4 Å². The zero-order chi connectivity index (χ0) is 21.9. The number of hydrogen-bond acceptors (Lipinski definition) is 5. The Morgan fingerprint density at radius 3 is 2.30 bits per heavy atom. The zero-order valence-electron chi connectivity index (χ0n) is 18.7. The summed E-state index contributed by atoms with van der Waals surface area (Å²) < 4.78 is 22.3. The van der Waals surface area contributed by atoms with Gasteiger partial charge in [-0.1, -0.05) is 24.3 Å². The summed E-state index contributed by atoms with van der Waals surface area (Å²) in [5, 5.41) is 6.62. The standard InChI is InChI=1S/C23H33N3O4/c1-16-9-7-8-10-19(16)30-17(2)15-26-23(24-3)25-14-13-18-11-12-20(27-4)22(29-6)21(18)28-5/h7-12,17H,13-15H2,1-6H3,(H2,24,25,26). The minimum Gasteiger partial charge on any atom is -0.493 e. The maximum absolute atomic E-state index is 6.00. The second-order valence-corrected chi connectivity index (χ2v) is 6.82. The van der Waals surface area contributed by atoms with Crippen LogP contribution in [0.5, 0.6) is 23.0 Å². The molecular formula is C23H33N3O4. The molecule has 0 fully saturated rings. The molecule has 7 heteroatoms. The lowest BCUT2D eigenvalue weighted by molar-refractivity contribution is 0.222. The van der Waals surface area contributed by atoms with Crippen LogP contribution < -0.4 is 29.6 Å². The Hall–Kier alpha value is -3.09. The summed E-state index contributed by atoms with van der Waals surface area (Å²) in [6.07, 6.45) is 0.732. The summed E-state index contributed by atoms with van der Waals surface area (Å²) in [4.78, 5) is 4.28. The van der Waals surface area contributed by atoms with E-state index in [0.717, 1.165) is 29.3 Å². The average molecular weight is 416 g/mol. The molecule has 0 aliphatic carbocycles. The smallest absolute Gasteiger partial charge is 0.203 e. The molecule has 2 N–H and O–H groups in total. The van der Waals surface area contributed by atoms with Gasteiger partial charge in [-0.15, -0.1) is 0 Å². The van der Waals surface area contributed by atoms with Crippen molar-refractivity contribution < 1.29 is 18.9 Å². The molecule has 0 aliphatic heterocycles. The SMILES string of the molecule is CN=C(NCCc1ccc(OC)c(OC)c1OC)NCC(C)Oc1ccccc1C. The van der Waals surface area contributed by atoms with Crippen molar-refractivity contribution in [2.75, 3.05) is 41.5 Å². The number of aryl methyl sites for hydroxylation is 1. The first-order valence-electron chi connectivity index (χ1n) is 9.98. The van der Waals surface area contributed by atoms with E-state index < -0.39 is 0 Å². The Morgan fingerprint density at radius 2 is 1.67 bits per heavy atom. The van der Waals surface area contributed by atoms with Crippen LogP contribution >= 0.6 is 0 Å². The number of aliphatic imine (C=N–C) groups is 1. The molecule has 2 aromatic rings. The third-order valence-electron chi connectivity index (χ3n) is 4.67. The lowest BCUT2D eigenvalue weighted by Crippen LogP contribution is -2.42. The minimum absolute atomic E-state index is 0.00408. The van der Waals surface area contributed by atoms with Gasteiger partial charge < -0.3 is 29.6 Å². The van der Waals surface area contributed by atoms with Gasteiger partial charge in [0, 0.05) is 19.2 Å². The molecule has 0 bridgehead atoms. The van der Waals surface area contributed by atoms with Crippen LogP contribution in [0.2, 0.25) is 0 Å². The van der Waals surface area contributed by atoms with E-state index in [1.807, 2.05) is 50.2 Å². The van der Waals surface area contributed by atoms with Crippen LogP contribution in [-0.4, -0.2) is 53.5 Å². The lowest BCUT2D eigenvalue weighted by Gasteiger charge is -2.19. The van der Waals surface area contributed by atoms with Crippen molar-refractivity contribution in [1.82, 2.24) is 10.6 Å². The van der Waals surface area contributed by atoms with Gasteiger partial charge in [-0.3, -0.25) is 4.99 Å². The molecule has 0 saturated heterocycles. The molecule has 30 heavy (non-hydrogen) atoms. The molecule has 0 saturated carbocycles.